The molecule has 4 rings (SSSR count). The summed E-state index contributed by atoms with van der Waals surface area (Å²) in [6, 6.07) is 13.9. The van der Waals surface area contributed by atoms with E-state index in [1.165, 1.54) is 23.5 Å². The van der Waals surface area contributed by atoms with Crippen molar-refractivity contribution in [1.29, 1.82) is 0 Å². The second-order valence-corrected chi connectivity index (χ2v) is 10.5. The second kappa shape index (κ2) is 8.20. The molecule has 4 aromatic rings. The minimum atomic E-state index is -3.43. The van der Waals surface area contributed by atoms with Gasteiger partial charge in [0.15, 0.2) is 15.0 Å². The molecule has 0 unspecified atom stereocenters. The molecule has 2 aromatic heterocycles. The summed E-state index contributed by atoms with van der Waals surface area (Å²) in [7, 11) is -3.43. The number of pyridine rings is 1. The smallest absolute Gasteiger partial charge is 0.260 e. The van der Waals surface area contributed by atoms with Crippen LogP contribution in [0.5, 0.6) is 0 Å². The molecule has 0 aliphatic rings. The molecule has 0 aliphatic heterocycles. The predicted molar refractivity (Wildman–Crippen MR) is 123 cm³/mol. The molecule has 6 nitrogen and oxygen atoms in total. The number of nitrogens with zero attached hydrogens (tertiary/aromatic N) is 3. The average Bonchev–Trinajstić information content (AvgIpc) is 3.14. The van der Waals surface area contributed by atoms with Crippen molar-refractivity contribution in [1.82, 2.24) is 9.97 Å². The summed E-state index contributed by atoms with van der Waals surface area (Å²) in [4.78, 5) is 24.1. The number of carbonyl (C=O) groups is 1. The van der Waals surface area contributed by atoms with Crippen molar-refractivity contribution in [2.45, 2.75) is 25.3 Å². The molecule has 0 atom stereocenters. The summed E-state index contributed by atoms with van der Waals surface area (Å²) in [5, 5.41) is 0.554. The summed E-state index contributed by atoms with van der Waals surface area (Å²) in [5.74, 6) is -0.318. The van der Waals surface area contributed by atoms with Gasteiger partial charge in [-0.15, -0.1) is 0 Å². The van der Waals surface area contributed by atoms with Crippen LogP contribution in [0.1, 0.15) is 27.0 Å². The summed E-state index contributed by atoms with van der Waals surface area (Å²) >= 11 is 1.44. The number of hydrogen-bond donors (Lipinski definition) is 0. The molecule has 31 heavy (non-hydrogen) atoms. The topological polar surface area (TPSA) is 80.2 Å². The van der Waals surface area contributed by atoms with E-state index < -0.39 is 9.84 Å². The van der Waals surface area contributed by atoms with Crippen LogP contribution in [0.3, 0.4) is 0 Å². The van der Waals surface area contributed by atoms with Gasteiger partial charge >= 0.3 is 0 Å². The number of anilines is 1. The Morgan fingerprint density at radius 1 is 1.06 bits per heavy atom. The Bertz CT molecular complexity index is 1340. The zero-order chi connectivity index (χ0) is 22.2. The van der Waals surface area contributed by atoms with Crippen LogP contribution in [0.2, 0.25) is 0 Å². The standard InChI is InChI=1S/C23H21N3O3S2/c1-15-10-20-21(11-16(15)2)30-23(25-20)26(14-17-6-5-9-24-13-17)22(27)18-7-4-8-19(12-18)31(3,28)29/h4-13H,14H2,1-3H3. The van der Waals surface area contributed by atoms with Crippen molar-refractivity contribution >= 4 is 42.4 Å². The van der Waals surface area contributed by atoms with E-state index >= 15 is 0 Å². The Morgan fingerprint density at radius 2 is 1.84 bits per heavy atom. The molecule has 1 amide bonds. The van der Waals surface area contributed by atoms with Crippen LogP contribution in [0.4, 0.5) is 5.13 Å². The summed E-state index contributed by atoms with van der Waals surface area (Å²) in [6.45, 7) is 4.35. The van der Waals surface area contributed by atoms with E-state index in [-0.39, 0.29) is 17.3 Å². The lowest BCUT2D eigenvalue weighted by molar-refractivity contribution is 0.0985. The number of carbonyl (C=O) groups excluding carboxylic acids is 1. The first-order valence-electron chi connectivity index (χ1n) is 9.61. The van der Waals surface area contributed by atoms with E-state index in [9.17, 15) is 13.2 Å². The Morgan fingerprint density at radius 3 is 2.55 bits per heavy atom. The number of fused-ring (bicyclic) bond motifs is 1. The molecule has 0 fully saturated rings. The van der Waals surface area contributed by atoms with Crippen molar-refractivity contribution in [2.75, 3.05) is 11.2 Å². The third-order valence-electron chi connectivity index (χ3n) is 5.04. The lowest BCUT2D eigenvalue weighted by atomic mass is 10.1. The minimum absolute atomic E-state index is 0.107. The van der Waals surface area contributed by atoms with E-state index in [2.05, 4.69) is 11.1 Å². The SMILES string of the molecule is Cc1cc2nc(N(Cc3cccnc3)C(=O)c3cccc(S(C)(=O)=O)c3)sc2cc1C. The molecule has 0 saturated heterocycles. The molecule has 0 spiro atoms. The highest BCUT2D eigenvalue weighted by molar-refractivity contribution is 7.90. The molecule has 0 aliphatic carbocycles. The fourth-order valence-corrected chi connectivity index (χ4v) is 4.91. The van der Waals surface area contributed by atoms with Gasteiger partial charge in [-0.25, -0.2) is 13.4 Å². The molecule has 0 N–H and O–H groups in total. The zero-order valence-corrected chi connectivity index (χ0v) is 19.0. The van der Waals surface area contributed by atoms with Gasteiger partial charge in [0, 0.05) is 24.2 Å². The van der Waals surface area contributed by atoms with Gasteiger partial charge in [-0.05, 0) is 66.9 Å². The van der Waals surface area contributed by atoms with Gasteiger partial charge < -0.3 is 0 Å². The number of thiazole rings is 1. The lowest BCUT2D eigenvalue weighted by Crippen LogP contribution is -2.30. The summed E-state index contributed by atoms with van der Waals surface area (Å²) in [6.07, 6.45) is 4.51. The monoisotopic (exact) mass is 451 g/mol. The van der Waals surface area contributed by atoms with E-state index in [1.54, 1.807) is 29.4 Å². The maximum atomic E-state index is 13.5. The molecule has 2 heterocycles. The molecule has 0 bridgehead atoms. The number of rotatable bonds is 5. The molecule has 2 aromatic carbocycles. The molecule has 158 valence electrons. The highest BCUT2D eigenvalue weighted by Gasteiger charge is 2.23. The zero-order valence-electron chi connectivity index (χ0n) is 17.4. The van der Waals surface area contributed by atoms with Crippen LogP contribution in [-0.2, 0) is 16.4 Å². The quantitative estimate of drug-likeness (QED) is 0.444. The predicted octanol–water partition coefficient (Wildman–Crippen LogP) is 4.56. The van der Waals surface area contributed by atoms with Gasteiger partial charge in [0.05, 0.1) is 21.7 Å². The van der Waals surface area contributed by atoms with Crippen LogP contribution in [-0.4, -0.2) is 30.5 Å². The first-order chi connectivity index (χ1) is 14.7. The van der Waals surface area contributed by atoms with Crippen molar-refractivity contribution in [3.05, 3.63) is 83.2 Å². The number of amides is 1. The maximum absolute atomic E-state index is 13.5. The van der Waals surface area contributed by atoms with E-state index in [1.807, 2.05) is 32.0 Å². The number of sulfone groups is 1. The van der Waals surface area contributed by atoms with E-state index in [0.717, 1.165) is 33.2 Å². The van der Waals surface area contributed by atoms with Gasteiger partial charge in [0.1, 0.15) is 0 Å². The number of hydrogen-bond acceptors (Lipinski definition) is 6. The van der Waals surface area contributed by atoms with Gasteiger partial charge in [0.25, 0.3) is 5.91 Å². The van der Waals surface area contributed by atoms with Crippen molar-refractivity contribution in [3.8, 4) is 0 Å². The summed E-state index contributed by atoms with van der Waals surface area (Å²) in [5.41, 5.74) is 4.26. The van der Waals surface area contributed by atoms with Crippen LogP contribution in [0, 0.1) is 13.8 Å². The molecular weight excluding hydrogens is 430 g/mol. The van der Waals surface area contributed by atoms with Gasteiger partial charge in [0.2, 0.25) is 0 Å². The second-order valence-electron chi connectivity index (χ2n) is 7.45. The van der Waals surface area contributed by atoms with Crippen molar-refractivity contribution < 1.29 is 13.2 Å². The van der Waals surface area contributed by atoms with Gasteiger partial charge in [-0.2, -0.15) is 0 Å². The van der Waals surface area contributed by atoms with E-state index in [4.69, 9.17) is 4.98 Å². The molecule has 0 radical (unpaired) electrons. The molecule has 8 heteroatoms. The Hall–Kier alpha value is -3.10. The largest absolute Gasteiger partial charge is 0.279 e. The van der Waals surface area contributed by atoms with Crippen molar-refractivity contribution in [3.63, 3.8) is 0 Å². The molecule has 0 saturated carbocycles. The Labute approximate surface area is 185 Å². The maximum Gasteiger partial charge on any atom is 0.260 e. The van der Waals surface area contributed by atoms with Crippen LogP contribution in [0.25, 0.3) is 10.2 Å². The van der Waals surface area contributed by atoms with Crippen LogP contribution >= 0.6 is 11.3 Å². The van der Waals surface area contributed by atoms with Crippen LogP contribution in [0.15, 0.2) is 65.8 Å². The fraction of sp³-hybridized carbons (Fsp3) is 0.174. The number of aromatic nitrogens is 2. The van der Waals surface area contributed by atoms with Gasteiger partial charge in [-0.1, -0.05) is 23.5 Å². The highest BCUT2D eigenvalue weighted by Crippen LogP contribution is 2.32. The minimum Gasteiger partial charge on any atom is -0.279 e. The average molecular weight is 452 g/mol. The van der Waals surface area contributed by atoms with Gasteiger partial charge in [-0.3, -0.25) is 14.7 Å². The summed E-state index contributed by atoms with van der Waals surface area (Å²) < 4.78 is 24.9. The Balaban J connectivity index is 1.81. The first kappa shape index (κ1) is 21.1. The third kappa shape index (κ3) is 4.50. The number of aryl methyl sites for hydroxylation is 2. The first-order valence-corrected chi connectivity index (χ1v) is 12.3. The Kier molecular flexibility index (Phi) is 5.60. The third-order valence-corrected chi connectivity index (χ3v) is 7.19. The van der Waals surface area contributed by atoms with Crippen LogP contribution < -0.4 is 4.90 Å². The van der Waals surface area contributed by atoms with E-state index in [0.29, 0.717) is 10.7 Å². The van der Waals surface area contributed by atoms with Crippen molar-refractivity contribution in [2.24, 2.45) is 0 Å². The molecular formula is C23H21N3O3S2. The lowest BCUT2D eigenvalue weighted by Gasteiger charge is -2.20. The normalized spacial score (nSPS) is 11.6. The highest BCUT2D eigenvalue weighted by atomic mass is 32.2. The fourth-order valence-electron chi connectivity index (χ4n) is 3.20. The number of benzene rings is 2.